The van der Waals surface area contributed by atoms with Crippen LogP contribution in [-0.4, -0.2) is 21.3 Å². The third kappa shape index (κ3) is 3.69. The van der Waals surface area contributed by atoms with Crippen LogP contribution < -0.4 is 10.9 Å². The van der Waals surface area contributed by atoms with E-state index in [0.29, 0.717) is 18.4 Å². The fraction of sp³-hybridized carbons (Fsp3) is 0.400. The van der Waals surface area contributed by atoms with Crippen molar-refractivity contribution >= 4 is 17.3 Å². The molecule has 0 spiro atoms. The zero-order valence-electron chi connectivity index (χ0n) is 12.5. The van der Waals surface area contributed by atoms with Gasteiger partial charge in [0.15, 0.2) is 5.82 Å². The van der Waals surface area contributed by atoms with E-state index in [1.165, 1.54) is 19.0 Å². The Kier molecular flexibility index (Phi) is 4.49. The third-order valence-electron chi connectivity index (χ3n) is 3.78. The maximum Gasteiger partial charge on any atom is 0.417 e. The van der Waals surface area contributed by atoms with Crippen LogP contribution in [0.3, 0.4) is 0 Å². The molecule has 1 fully saturated rings. The van der Waals surface area contributed by atoms with Crippen LogP contribution in [0.25, 0.3) is 5.82 Å². The monoisotopic (exact) mass is 358 g/mol. The third-order valence-corrected chi connectivity index (χ3v) is 4.14. The maximum absolute atomic E-state index is 12.5. The van der Waals surface area contributed by atoms with Gasteiger partial charge in [-0.2, -0.15) is 23.0 Å². The van der Waals surface area contributed by atoms with Crippen molar-refractivity contribution in [3.05, 3.63) is 45.5 Å². The topological polar surface area (TPSA) is 59.8 Å². The lowest BCUT2D eigenvalue weighted by molar-refractivity contribution is -0.137. The van der Waals surface area contributed by atoms with E-state index in [0.717, 1.165) is 29.2 Å². The number of hydrogen-bond donors (Lipinski definition) is 1. The van der Waals surface area contributed by atoms with Gasteiger partial charge in [-0.3, -0.25) is 4.79 Å². The Balaban J connectivity index is 1.80. The Morgan fingerprint density at radius 3 is 2.62 bits per heavy atom. The van der Waals surface area contributed by atoms with Crippen LogP contribution in [0, 0.1) is 5.92 Å². The van der Waals surface area contributed by atoms with Crippen molar-refractivity contribution in [3.8, 4) is 5.82 Å². The number of rotatable bonds is 5. The van der Waals surface area contributed by atoms with Gasteiger partial charge in [0.05, 0.1) is 17.4 Å². The summed E-state index contributed by atoms with van der Waals surface area (Å²) in [4.78, 5) is 15.9. The van der Waals surface area contributed by atoms with Gasteiger partial charge in [-0.25, -0.2) is 4.98 Å². The average Bonchev–Trinajstić information content (AvgIpc) is 3.35. The van der Waals surface area contributed by atoms with Crippen molar-refractivity contribution in [3.63, 3.8) is 0 Å². The molecule has 2 aromatic rings. The zero-order chi connectivity index (χ0) is 17.3. The van der Waals surface area contributed by atoms with Gasteiger partial charge in [0.25, 0.3) is 5.56 Å². The summed E-state index contributed by atoms with van der Waals surface area (Å²) in [5.41, 5.74) is -1.13. The molecule has 5 nitrogen and oxygen atoms in total. The molecule has 0 amide bonds. The summed E-state index contributed by atoms with van der Waals surface area (Å²) in [6.45, 7) is 0.689. The molecule has 24 heavy (non-hydrogen) atoms. The van der Waals surface area contributed by atoms with Crippen molar-refractivity contribution < 1.29 is 13.2 Å². The number of nitrogens with zero attached hydrogens (tertiary/aromatic N) is 3. The van der Waals surface area contributed by atoms with Crippen molar-refractivity contribution in [1.29, 1.82) is 0 Å². The Morgan fingerprint density at radius 1 is 1.29 bits per heavy atom. The van der Waals surface area contributed by atoms with Crippen LogP contribution in [-0.2, 0) is 6.18 Å². The van der Waals surface area contributed by atoms with Gasteiger partial charge in [0, 0.05) is 12.7 Å². The molecule has 0 aliphatic heterocycles. The maximum atomic E-state index is 12.5. The minimum absolute atomic E-state index is 0.0283. The molecular weight excluding hydrogens is 345 g/mol. The molecule has 0 aromatic carbocycles. The lowest BCUT2D eigenvalue weighted by Gasteiger charge is -2.10. The molecule has 0 unspecified atom stereocenters. The van der Waals surface area contributed by atoms with E-state index >= 15 is 0 Å². The van der Waals surface area contributed by atoms with Gasteiger partial charge < -0.3 is 5.32 Å². The van der Waals surface area contributed by atoms with E-state index in [4.69, 9.17) is 11.6 Å². The first-order chi connectivity index (χ1) is 11.4. The van der Waals surface area contributed by atoms with Gasteiger partial charge in [0.1, 0.15) is 5.02 Å². The lowest BCUT2D eigenvalue weighted by atomic mass is 10.3. The average molecular weight is 359 g/mol. The SMILES string of the molecule is O=c1c(Cl)c(NCCC2CC2)cnn1-c1ccc(C(F)(F)F)cn1. The summed E-state index contributed by atoms with van der Waals surface area (Å²) in [6, 6.07) is 1.92. The molecule has 128 valence electrons. The Morgan fingerprint density at radius 2 is 2.04 bits per heavy atom. The van der Waals surface area contributed by atoms with E-state index in [1.807, 2.05) is 0 Å². The standard InChI is InChI=1S/C15H14ClF3N4O/c16-13-11(20-6-5-9-1-2-9)8-22-23(14(13)24)12-4-3-10(7-21-12)15(17,18)19/h3-4,7-9,20H,1-2,5-6H2. The first-order valence-electron chi connectivity index (χ1n) is 7.41. The molecule has 0 atom stereocenters. The second-order valence-electron chi connectivity index (χ2n) is 5.65. The quantitative estimate of drug-likeness (QED) is 0.888. The predicted octanol–water partition coefficient (Wildman–Crippen LogP) is 3.51. The fourth-order valence-electron chi connectivity index (χ4n) is 2.22. The van der Waals surface area contributed by atoms with E-state index < -0.39 is 17.3 Å². The molecule has 3 rings (SSSR count). The molecule has 0 bridgehead atoms. The van der Waals surface area contributed by atoms with Gasteiger partial charge >= 0.3 is 6.18 Å². The smallest absolute Gasteiger partial charge is 0.382 e. The first-order valence-corrected chi connectivity index (χ1v) is 7.79. The lowest BCUT2D eigenvalue weighted by Crippen LogP contribution is -2.24. The molecule has 1 aliphatic rings. The molecular formula is C15H14ClF3N4O. The van der Waals surface area contributed by atoms with Crippen LogP contribution in [0.15, 0.2) is 29.3 Å². The first kappa shape index (κ1) is 16.8. The second-order valence-corrected chi connectivity index (χ2v) is 6.03. The van der Waals surface area contributed by atoms with Crippen molar-refractivity contribution in [2.75, 3.05) is 11.9 Å². The number of aromatic nitrogens is 3. The summed E-state index contributed by atoms with van der Waals surface area (Å²) in [5.74, 6) is 0.709. The summed E-state index contributed by atoms with van der Waals surface area (Å²) in [7, 11) is 0. The van der Waals surface area contributed by atoms with Crippen LogP contribution in [0.5, 0.6) is 0 Å². The minimum atomic E-state index is -4.49. The number of pyridine rings is 1. The van der Waals surface area contributed by atoms with Crippen LogP contribution in [0.4, 0.5) is 18.9 Å². The van der Waals surface area contributed by atoms with E-state index in [2.05, 4.69) is 15.4 Å². The molecule has 2 heterocycles. The Hall–Kier alpha value is -2.09. The summed E-state index contributed by atoms with van der Waals surface area (Å²) in [5, 5.41) is 6.92. The van der Waals surface area contributed by atoms with Gasteiger partial charge in [-0.05, 0) is 24.5 Å². The van der Waals surface area contributed by atoms with Gasteiger partial charge in [0.2, 0.25) is 0 Å². The number of alkyl halides is 3. The highest BCUT2D eigenvalue weighted by Gasteiger charge is 2.30. The van der Waals surface area contributed by atoms with Crippen molar-refractivity contribution in [1.82, 2.24) is 14.8 Å². The summed E-state index contributed by atoms with van der Waals surface area (Å²) >= 11 is 6.04. The molecule has 0 radical (unpaired) electrons. The summed E-state index contributed by atoms with van der Waals surface area (Å²) in [6.07, 6.45) is 0.996. The fourth-order valence-corrected chi connectivity index (χ4v) is 2.41. The summed E-state index contributed by atoms with van der Waals surface area (Å²) < 4.78 is 38.5. The Bertz CT molecular complexity index is 785. The van der Waals surface area contributed by atoms with Crippen LogP contribution in [0.2, 0.25) is 5.02 Å². The highest BCUT2D eigenvalue weighted by molar-refractivity contribution is 6.32. The van der Waals surface area contributed by atoms with Crippen LogP contribution >= 0.6 is 11.6 Å². The molecule has 9 heteroatoms. The van der Waals surface area contributed by atoms with E-state index in [-0.39, 0.29) is 10.8 Å². The number of nitrogens with one attached hydrogen (secondary N) is 1. The van der Waals surface area contributed by atoms with Gasteiger partial charge in [-0.15, -0.1) is 0 Å². The largest absolute Gasteiger partial charge is 0.417 e. The molecule has 1 aliphatic carbocycles. The van der Waals surface area contributed by atoms with Crippen LogP contribution in [0.1, 0.15) is 24.8 Å². The minimum Gasteiger partial charge on any atom is -0.382 e. The normalized spacial score (nSPS) is 14.7. The highest BCUT2D eigenvalue weighted by Crippen LogP contribution is 2.32. The molecule has 1 saturated carbocycles. The van der Waals surface area contributed by atoms with Crippen molar-refractivity contribution in [2.24, 2.45) is 5.92 Å². The zero-order valence-corrected chi connectivity index (χ0v) is 13.2. The van der Waals surface area contributed by atoms with E-state index in [9.17, 15) is 18.0 Å². The molecule has 2 aromatic heterocycles. The number of hydrogen-bond acceptors (Lipinski definition) is 4. The van der Waals surface area contributed by atoms with Gasteiger partial charge in [-0.1, -0.05) is 24.4 Å². The van der Waals surface area contributed by atoms with Crippen molar-refractivity contribution in [2.45, 2.75) is 25.4 Å². The number of anilines is 1. The predicted molar refractivity (Wildman–Crippen MR) is 83.5 cm³/mol. The Labute approximate surface area is 140 Å². The highest BCUT2D eigenvalue weighted by atomic mass is 35.5. The molecule has 1 N–H and O–H groups in total. The number of halogens is 4. The molecule has 0 saturated heterocycles. The second kappa shape index (κ2) is 6.43. The van der Waals surface area contributed by atoms with E-state index in [1.54, 1.807) is 0 Å².